The maximum absolute atomic E-state index is 13.0. The molecular weight excluding hydrogens is 259 g/mol. The number of benzene rings is 1. The van der Waals surface area contributed by atoms with Gasteiger partial charge in [0, 0.05) is 39.6 Å². The Hall–Kier alpha value is -1.92. The maximum atomic E-state index is 13.0. The third-order valence-electron chi connectivity index (χ3n) is 2.67. The van der Waals surface area contributed by atoms with E-state index in [1.807, 2.05) is 0 Å². The summed E-state index contributed by atoms with van der Waals surface area (Å²) in [6, 6.07) is 3.30. The van der Waals surface area contributed by atoms with Crippen molar-refractivity contribution in [2.75, 3.05) is 38.0 Å². The molecule has 0 bridgehead atoms. The van der Waals surface area contributed by atoms with Crippen LogP contribution in [0.25, 0.3) is 0 Å². The highest BCUT2D eigenvalue weighted by Crippen LogP contribution is 2.38. The second kappa shape index (κ2) is 5.38. The van der Waals surface area contributed by atoms with Crippen molar-refractivity contribution in [1.29, 1.82) is 0 Å². The van der Waals surface area contributed by atoms with Gasteiger partial charge in [-0.25, -0.2) is 4.79 Å². The minimum Gasteiger partial charge on any atom is -0.377 e. The molecule has 1 rings (SSSR count). The lowest BCUT2D eigenvalue weighted by Gasteiger charge is -2.23. The van der Waals surface area contributed by atoms with Crippen molar-refractivity contribution < 1.29 is 18.0 Å². The summed E-state index contributed by atoms with van der Waals surface area (Å²) >= 11 is 0. The number of rotatable bonds is 2. The van der Waals surface area contributed by atoms with Gasteiger partial charge in [-0.05, 0) is 18.2 Å². The van der Waals surface area contributed by atoms with Crippen LogP contribution in [0.3, 0.4) is 0 Å². The van der Waals surface area contributed by atoms with Crippen LogP contribution in [-0.4, -0.2) is 34.2 Å². The number of carbonyl (C=O) groups is 1. The van der Waals surface area contributed by atoms with Gasteiger partial charge in [-0.2, -0.15) is 13.2 Å². The first-order valence-electron chi connectivity index (χ1n) is 5.52. The Kier molecular flexibility index (Phi) is 4.28. The lowest BCUT2D eigenvalue weighted by atomic mass is 10.1. The monoisotopic (exact) mass is 275 g/mol. The maximum Gasteiger partial charge on any atom is 0.418 e. The molecule has 106 valence electrons. The topological polar surface area (TPSA) is 35.6 Å². The van der Waals surface area contributed by atoms with E-state index in [-0.39, 0.29) is 11.4 Å². The van der Waals surface area contributed by atoms with Gasteiger partial charge in [0.25, 0.3) is 0 Å². The molecular formula is C12H16F3N3O. The van der Waals surface area contributed by atoms with Crippen LogP contribution in [0.2, 0.25) is 0 Å². The quantitative estimate of drug-likeness (QED) is 0.900. The molecule has 1 aromatic carbocycles. The first-order chi connectivity index (χ1) is 8.68. The summed E-state index contributed by atoms with van der Waals surface area (Å²) in [4.78, 5) is 13.9. The Labute approximate surface area is 109 Å². The van der Waals surface area contributed by atoms with E-state index in [4.69, 9.17) is 0 Å². The zero-order valence-electron chi connectivity index (χ0n) is 11.2. The number of halogens is 3. The predicted octanol–water partition coefficient (Wildman–Crippen LogP) is 2.55. The van der Waals surface area contributed by atoms with Crippen LogP contribution < -0.4 is 15.1 Å². The smallest absolute Gasteiger partial charge is 0.377 e. The van der Waals surface area contributed by atoms with Gasteiger partial charge in [0.05, 0.1) is 5.56 Å². The normalized spacial score (nSPS) is 11.1. The second-order valence-electron chi connectivity index (χ2n) is 4.21. The van der Waals surface area contributed by atoms with Crippen molar-refractivity contribution in [3.05, 3.63) is 23.8 Å². The average molecular weight is 275 g/mol. The van der Waals surface area contributed by atoms with Crippen molar-refractivity contribution in [3.63, 3.8) is 0 Å². The molecule has 0 aromatic heterocycles. The Morgan fingerprint density at radius 2 is 1.79 bits per heavy atom. The summed E-state index contributed by atoms with van der Waals surface area (Å²) in [6.45, 7) is 0. The Balaban J connectivity index is 3.30. The number of alkyl halides is 3. The number of nitrogens with one attached hydrogen (secondary N) is 1. The second-order valence-corrected chi connectivity index (χ2v) is 4.21. The highest BCUT2D eigenvalue weighted by molar-refractivity contribution is 5.91. The molecule has 0 aliphatic carbocycles. The summed E-state index contributed by atoms with van der Waals surface area (Å²) in [5.41, 5.74) is -0.537. The van der Waals surface area contributed by atoms with E-state index < -0.39 is 17.8 Å². The van der Waals surface area contributed by atoms with Gasteiger partial charge in [-0.15, -0.1) is 0 Å². The molecule has 0 saturated carbocycles. The van der Waals surface area contributed by atoms with Crippen LogP contribution in [-0.2, 0) is 6.18 Å². The molecule has 0 unspecified atom stereocenters. The fourth-order valence-corrected chi connectivity index (χ4v) is 1.63. The van der Waals surface area contributed by atoms with Gasteiger partial charge in [-0.1, -0.05) is 0 Å². The van der Waals surface area contributed by atoms with Crippen LogP contribution in [0.1, 0.15) is 5.56 Å². The fraction of sp³-hybridized carbons (Fsp3) is 0.417. The van der Waals surface area contributed by atoms with Gasteiger partial charge in [0.1, 0.15) is 0 Å². The molecule has 7 heteroatoms. The van der Waals surface area contributed by atoms with Crippen LogP contribution in [0.5, 0.6) is 0 Å². The molecule has 2 amide bonds. The predicted molar refractivity (Wildman–Crippen MR) is 68.6 cm³/mol. The first-order valence-corrected chi connectivity index (χ1v) is 5.52. The van der Waals surface area contributed by atoms with Gasteiger partial charge in [0.2, 0.25) is 0 Å². The van der Waals surface area contributed by atoms with E-state index in [9.17, 15) is 18.0 Å². The number of amides is 2. The number of urea groups is 1. The highest BCUT2D eigenvalue weighted by Gasteiger charge is 2.34. The van der Waals surface area contributed by atoms with E-state index in [1.165, 1.54) is 45.2 Å². The summed E-state index contributed by atoms with van der Waals surface area (Å²) in [7, 11) is 5.89. The zero-order valence-corrected chi connectivity index (χ0v) is 11.2. The molecule has 0 heterocycles. The number of anilines is 2. The largest absolute Gasteiger partial charge is 0.418 e. The number of carbonyl (C=O) groups excluding carboxylic acids is 1. The van der Waals surface area contributed by atoms with Crippen LogP contribution in [0, 0.1) is 0 Å². The van der Waals surface area contributed by atoms with Gasteiger partial charge in [0.15, 0.2) is 0 Å². The summed E-state index contributed by atoms with van der Waals surface area (Å²) < 4.78 is 39.0. The zero-order chi connectivity index (χ0) is 14.8. The molecule has 0 aliphatic rings. The molecule has 0 atom stereocenters. The third-order valence-corrected chi connectivity index (χ3v) is 2.67. The van der Waals surface area contributed by atoms with Gasteiger partial charge >= 0.3 is 12.2 Å². The van der Waals surface area contributed by atoms with Crippen molar-refractivity contribution >= 4 is 17.4 Å². The fourth-order valence-electron chi connectivity index (χ4n) is 1.63. The Bertz CT molecular complexity index is 472. The number of nitrogens with zero attached hydrogens (tertiary/aromatic N) is 2. The van der Waals surface area contributed by atoms with E-state index in [1.54, 1.807) is 0 Å². The molecule has 1 aromatic rings. The molecule has 19 heavy (non-hydrogen) atoms. The van der Waals surface area contributed by atoms with Crippen LogP contribution >= 0.6 is 0 Å². The van der Waals surface area contributed by atoms with Crippen LogP contribution in [0.15, 0.2) is 18.2 Å². The Morgan fingerprint density at radius 3 is 2.21 bits per heavy atom. The van der Waals surface area contributed by atoms with E-state index >= 15 is 0 Å². The van der Waals surface area contributed by atoms with Gasteiger partial charge < -0.3 is 10.2 Å². The SMILES string of the molecule is CNC(=O)N(C)c1ccc(N(C)C)c(C(F)(F)F)c1. The van der Waals surface area contributed by atoms with Gasteiger partial charge in [-0.3, -0.25) is 4.90 Å². The minimum absolute atomic E-state index is 0.0570. The molecule has 0 spiro atoms. The summed E-state index contributed by atoms with van der Waals surface area (Å²) in [5, 5.41) is 2.35. The minimum atomic E-state index is -4.47. The number of hydrogen-bond acceptors (Lipinski definition) is 2. The molecule has 0 saturated heterocycles. The molecule has 0 fully saturated rings. The third kappa shape index (κ3) is 3.30. The van der Waals surface area contributed by atoms with Crippen molar-refractivity contribution in [3.8, 4) is 0 Å². The lowest BCUT2D eigenvalue weighted by molar-refractivity contribution is -0.137. The summed E-state index contributed by atoms with van der Waals surface area (Å²) in [6.07, 6.45) is -4.47. The van der Waals surface area contributed by atoms with E-state index in [2.05, 4.69) is 5.32 Å². The van der Waals surface area contributed by atoms with Crippen molar-refractivity contribution in [2.45, 2.75) is 6.18 Å². The molecule has 1 N–H and O–H groups in total. The van der Waals surface area contributed by atoms with Crippen molar-refractivity contribution in [1.82, 2.24) is 5.32 Å². The summed E-state index contributed by atoms with van der Waals surface area (Å²) in [5.74, 6) is 0. The molecule has 0 aliphatic heterocycles. The standard InChI is InChI=1S/C12H16F3N3O/c1-16-11(19)18(4)8-5-6-10(17(2)3)9(7-8)12(13,14)15/h5-7H,1-4H3,(H,16,19). The van der Waals surface area contributed by atoms with E-state index in [0.717, 1.165) is 11.0 Å². The van der Waals surface area contributed by atoms with Crippen molar-refractivity contribution in [2.24, 2.45) is 0 Å². The average Bonchev–Trinajstić information content (AvgIpc) is 2.35. The highest BCUT2D eigenvalue weighted by atomic mass is 19.4. The molecule has 4 nitrogen and oxygen atoms in total. The first kappa shape index (κ1) is 15.1. The van der Waals surface area contributed by atoms with Crippen LogP contribution in [0.4, 0.5) is 29.3 Å². The lowest BCUT2D eigenvalue weighted by Crippen LogP contribution is -2.35. The number of hydrogen-bond donors (Lipinski definition) is 1. The Morgan fingerprint density at radius 1 is 1.21 bits per heavy atom. The molecule has 0 radical (unpaired) electrons. The van der Waals surface area contributed by atoms with E-state index in [0.29, 0.717) is 0 Å².